The van der Waals surface area contributed by atoms with Gasteiger partial charge in [-0.2, -0.15) is 0 Å². The van der Waals surface area contributed by atoms with Crippen LogP contribution in [0.3, 0.4) is 0 Å². The molecule has 0 aliphatic carbocycles. The molecule has 1 aliphatic rings. The molecule has 3 aromatic rings. The predicted octanol–water partition coefficient (Wildman–Crippen LogP) is 2.97. The van der Waals surface area contributed by atoms with Crippen molar-refractivity contribution in [3.63, 3.8) is 0 Å². The van der Waals surface area contributed by atoms with Crippen LogP contribution in [0.5, 0.6) is 0 Å². The molecular weight excluding hydrogens is 332 g/mol. The lowest BCUT2D eigenvalue weighted by molar-refractivity contribution is -0.131. The molecule has 2 aromatic heterocycles. The molecule has 1 amide bonds. The number of piperazine rings is 1. The minimum Gasteiger partial charge on any atom is -0.345 e. The van der Waals surface area contributed by atoms with Crippen molar-refractivity contribution in [1.29, 1.82) is 0 Å². The zero-order valence-corrected chi connectivity index (χ0v) is 14.8. The van der Waals surface area contributed by atoms with E-state index in [1.807, 2.05) is 22.5 Å². The van der Waals surface area contributed by atoms with Gasteiger partial charge in [-0.3, -0.25) is 9.78 Å². The van der Waals surface area contributed by atoms with Gasteiger partial charge in [-0.15, -0.1) is 11.3 Å². The van der Waals surface area contributed by atoms with E-state index in [0.29, 0.717) is 6.42 Å². The quantitative estimate of drug-likeness (QED) is 0.724. The Morgan fingerprint density at radius 3 is 2.76 bits per heavy atom. The fourth-order valence-corrected chi connectivity index (χ4v) is 3.89. The first-order valence-corrected chi connectivity index (χ1v) is 9.43. The number of aromatic nitrogens is 2. The third-order valence-corrected chi connectivity index (χ3v) is 5.45. The highest BCUT2D eigenvalue weighted by molar-refractivity contribution is 7.13. The second-order valence-electron chi connectivity index (χ2n) is 6.21. The van der Waals surface area contributed by atoms with E-state index < -0.39 is 0 Å². The van der Waals surface area contributed by atoms with E-state index in [-0.39, 0.29) is 5.91 Å². The largest absolute Gasteiger partial charge is 0.345 e. The van der Waals surface area contributed by atoms with E-state index in [0.717, 1.165) is 48.6 Å². The summed E-state index contributed by atoms with van der Waals surface area (Å²) in [5.41, 5.74) is 2.16. The zero-order chi connectivity index (χ0) is 17.1. The Morgan fingerprint density at radius 2 is 1.96 bits per heavy atom. The van der Waals surface area contributed by atoms with Crippen molar-refractivity contribution < 1.29 is 4.79 Å². The number of pyridine rings is 1. The molecule has 4 rings (SSSR count). The Balaban J connectivity index is 1.31. The van der Waals surface area contributed by atoms with Gasteiger partial charge in [-0.05, 0) is 24.1 Å². The highest BCUT2D eigenvalue weighted by Crippen LogP contribution is 2.19. The van der Waals surface area contributed by atoms with Crippen LogP contribution in [0.15, 0.2) is 48.1 Å². The van der Waals surface area contributed by atoms with Crippen molar-refractivity contribution in [3.8, 4) is 0 Å². The molecule has 0 spiro atoms. The third kappa shape index (κ3) is 3.64. The van der Waals surface area contributed by atoms with Crippen molar-refractivity contribution in [2.45, 2.75) is 12.8 Å². The second-order valence-corrected chi connectivity index (χ2v) is 7.09. The Morgan fingerprint density at radius 1 is 1.08 bits per heavy atom. The number of carbonyl (C=O) groups is 1. The minimum absolute atomic E-state index is 0.236. The molecule has 6 heteroatoms. The van der Waals surface area contributed by atoms with Gasteiger partial charge in [0.25, 0.3) is 0 Å². The first-order chi connectivity index (χ1) is 12.3. The summed E-state index contributed by atoms with van der Waals surface area (Å²) in [5.74, 6) is 0.236. The van der Waals surface area contributed by atoms with Crippen LogP contribution >= 0.6 is 11.3 Å². The van der Waals surface area contributed by atoms with Crippen molar-refractivity contribution in [2.75, 3.05) is 31.1 Å². The van der Waals surface area contributed by atoms with E-state index in [4.69, 9.17) is 0 Å². The lowest BCUT2D eigenvalue weighted by Crippen LogP contribution is -2.48. The summed E-state index contributed by atoms with van der Waals surface area (Å²) in [6.45, 7) is 3.27. The summed E-state index contributed by atoms with van der Waals surface area (Å²) in [4.78, 5) is 25.5. The summed E-state index contributed by atoms with van der Waals surface area (Å²) in [6.07, 6.45) is 4.95. The molecule has 0 saturated carbocycles. The van der Waals surface area contributed by atoms with Gasteiger partial charge in [0.05, 0.1) is 5.52 Å². The minimum atomic E-state index is 0.236. The molecule has 3 heterocycles. The lowest BCUT2D eigenvalue weighted by Gasteiger charge is -2.34. The second kappa shape index (κ2) is 7.19. The van der Waals surface area contributed by atoms with Gasteiger partial charge in [0.1, 0.15) is 0 Å². The van der Waals surface area contributed by atoms with Crippen LogP contribution in [0.25, 0.3) is 10.9 Å². The number of amides is 1. The third-order valence-electron chi connectivity index (χ3n) is 4.62. The topological polar surface area (TPSA) is 49.3 Å². The first-order valence-electron chi connectivity index (χ1n) is 8.55. The van der Waals surface area contributed by atoms with Crippen LogP contribution in [0.1, 0.15) is 12.0 Å². The maximum atomic E-state index is 12.5. The van der Waals surface area contributed by atoms with Crippen LogP contribution in [0.2, 0.25) is 0 Å². The number of nitrogens with zero attached hydrogens (tertiary/aromatic N) is 4. The maximum Gasteiger partial charge on any atom is 0.223 e. The first kappa shape index (κ1) is 16.0. The molecule has 0 N–H and O–H groups in total. The van der Waals surface area contributed by atoms with Crippen LogP contribution in [-0.4, -0.2) is 47.0 Å². The Kier molecular flexibility index (Phi) is 4.61. The standard InChI is InChI=1S/C19H20N4OS/c24-18(22-9-11-23(12-10-22)19-21-8-13-25-19)6-4-15-3-5-16-2-1-7-20-17(16)14-15/h1-3,5,7-8,13-14H,4,6,9-12H2. The SMILES string of the molecule is O=C(CCc1ccc2cccnc2c1)N1CCN(c2nccs2)CC1. The monoisotopic (exact) mass is 352 g/mol. The number of rotatable bonds is 4. The Hall–Kier alpha value is -2.47. The van der Waals surface area contributed by atoms with Gasteiger partial charge in [-0.25, -0.2) is 4.98 Å². The van der Waals surface area contributed by atoms with Crippen molar-refractivity contribution in [1.82, 2.24) is 14.9 Å². The van der Waals surface area contributed by atoms with Crippen molar-refractivity contribution in [3.05, 3.63) is 53.7 Å². The molecule has 5 nitrogen and oxygen atoms in total. The van der Waals surface area contributed by atoms with E-state index in [2.05, 4.69) is 39.1 Å². The van der Waals surface area contributed by atoms with Crippen molar-refractivity contribution >= 4 is 33.3 Å². The number of fused-ring (bicyclic) bond motifs is 1. The smallest absolute Gasteiger partial charge is 0.223 e. The molecular formula is C19H20N4OS. The molecule has 1 aliphatic heterocycles. The summed E-state index contributed by atoms with van der Waals surface area (Å²) in [5, 5.41) is 4.18. The average molecular weight is 352 g/mol. The normalized spacial score (nSPS) is 14.9. The van der Waals surface area contributed by atoms with Crippen molar-refractivity contribution in [2.24, 2.45) is 0 Å². The highest BCUT2D eigenvalue weighted by Gasteiger charge is 2.22. The van der Waals surface area contributed by atoms with Crippen LogP contribution in [0.4, 0.5) is 5.13 Å². The summed E-state index contributed by atoms with van der Waals surface area (Å²) < 4.78 is 0. The van der Waals surface area contributed by atoms with Gasteiger partial charge in [0.2, 0.25) is 5.91 Å². The Bertz CT molecular complexity index is 857. The van der Waals surface area contributed by atoms with Crippen LogP contribution in [0, 0.1) is 0 Å². The van der Waals surface area contributed by atoms with E-state index >= 15 is 0 Å². The fraction of sp³-hybridized carbons (Fsp3) is 0.316. The Labute approximate surface area is 150 Å². The van der Waals surface area contributed by atoms with Gasteiger partial charge >= 0.3 is 0 Å². The van der Waals surface area contributed by atoms with Gasteiger partial charge < -0.3 is 9.80 Å². The molecule has 1 saturated heterocycles. The van der Waals surface area contributed by atoms with E-state index in [1.54, 1.807) is 17.5 Å². The van der Waals surface area contributed by atoms with E-state index in [1.165, 1.54) is 5.56 Å². The fourth-order valence-electron chi connectivity index (χ4n) is 3.20. The molecule has 128 valence electrons. The molecule has 0 bridgehead atoms. The number of carbonyl (C=O) groups excluding carboxylic acids is 1. The zero-order valence-electron chi connectivity index (χ0n) is 14.0. The summed E-state index contributed by atoms with van der Waals surface area (Å²) >= 11 is 1.65. The highest BCUT2D eigenvalue weighted by atomic mass is 32.1. The van der Waals surface area contributed by atoms with E-state index in [9.17, 15) is 4.79 Å². The number of thiazole rings is 1. The molecule has 0 radical (unpaired) electrons. The summed E-state index contributed by atoms with van der Waals surface area (Å²) in [7, 11) is 0. The average Bonchev–Trinajstić information content (AvgIpc) is 3.21. The van der Waals surface area contributed by atoms with Gasteiger partial charge in [0.15, 0.2) is 5.13 Å². The number of hydrogen-bond donors (Lipinski definition) is 0. The van der Waals surface area contributed by atoms with Gasteiger partial charge in [0, 0.05) is 55.8 Å². The lowest BCUT2D eigenvalue weighted by atomic mass is 10.1. The number of aryl methyl sites for hydroxylation is 1. The van der Waals surface area contributed by atoms with Crippen LogP contribution in [-0.2, 0) is 11.2 Å². The summed E-state index contributed by atoms with van der Waals surface area (Å²) in [6, 6.07) is 10.3. The molecule has 1 fully saturated rings. The van der Waals surface area contributed by atoms with Crippen LogP contribution < -0.4 is 4.90 Å². The number of anilines is 1. The molecule has 0 unspecified atom stereocenters. The maximum absolute atomic E-state index is 12.5. The number of benzene rings is 1. The van der Waals surface area contributed by atoms with Gasteiger partial charge in [-0.1, -0.05) is 18.2 Å². The molecule has 0 atom stereocenters. The predicted molar refractivity (Wildman–Crippen MR) is 101 cm³/mol. The number of hydrogen-bond acceptors (Lipinski definition) is 5. The molecule has 25 heavy (non-hydrogen) atoms. The molecule has 1 aromatic carbocycles.